The summed E-state index contributed by atoms with van der Waals surface area (Å²) in [4.78, 5) is 54.8. The van der Waals surface area contributed by atoms with Gasteiger partial charge < -0.3 is 24.3 Å². The number of carbonyl (C=O) groups excluding carboxylic acids is 4. The highest BCUT2D eigenvalue weighted by molar-refractivity contribution is 6.34. The van der Waals surface area contributed by atoms with Crippen LogP contribution in [0.1, 0.15) is 32.4 Å². The first kappa shape index (κ1) is 24.1. The summed E-state index contributed by atoms with van der Waals surface area (Å²) >= 11 is 6.08. The molecule has 1 spiro atoms. The molecule has 3 unspecified atom stereocenters. The molecule has 1 amide bonds. The smallest absolute Gasteiger partial charge is 0.313 e. The summed E-state index contributed by atoms with van der Waals surface area (Å²) in [7, 11) is 1.13. The molecular weight excluding hydrogens is 514 g/mol. The van der Waals surface area contributed by atoms with Crippen molar-refractivity contribution in [3.05, 3.63) is 88.4 Å². The van der Waals surface area contributed by atoms with E-state index in [9.17, 15) is 19.2 Å². The van der Waals surface area contributed by atoms with Gasteiger partial charge in [0.1, 0.15) is 5.92 Å². The first-order valence-electron chi connectivity index (χ1n) is 11.8. The van der Waals surface area contributed by atoms with Crippen LogP contribution in [0.5, 0.6) is 11.5 Å². The normalized spacial score (nSPS) is 22.4. The van der Waals surface area contributed by atoms with Crippen molar-refractivity contribution in [2.24, 2.45) is 11.8 Å². The van der Waals surface area contributed by atoms with Crippen molar-refractivity contribution in [3.63, 3.8) is 0 Å². The SMILES string of the molecule is COC(=O)C1C(C(=O)Nc2ccc3c(c2)OCO3)C(c2ccc(Cl)cc2)OC12C(=O)c1ccccc1C2=O. The average Bonchev–Trinajstić information content (AvgIpc) is 3.60. The molecule has 10 heteroatoms. The third kappa shape index (κ3) is 3.50. The number of ketones is 2. The van der Waals surface area contributed by atoms with Crippen LogP contribution in [0, 0.1) is 11.8 Å². The molecule has 1 aliphatic carbocycles. The molecule has 3 aromatic rings. The maximum absolute atomic E-state index is 13.9. The molecule has 0 saturated carbocycles. The van der Waals surface area contributed by atoms with E-state index in [1.807, 2.05) is 0 Å². The van der Waals surface area contributed by atoms with Crippen molar-refractivity contribution in [1.82, 2.24) is 0 Å². The van der Waals surface area contributed by atoms with Crippen LogP contribution >= 0.6 is 11.6 Å². The van der Waals surface area contributed by atoms with Crippen molar-refractivity contribution >= 4 is 40.7 Å². The Morgan fingerprint density at radius 3 is 2.26 bits per heavy atom. The van der Waals surface area contributed by atoms with E-state index in [0.29, 0.717) is 27.8 Å². The molecule has 3 aliphatic rings. The Morgan fingerprint density at radius 1 is 0.947 bits per heavy atom. The van der Waals surface area contributed by atoms with Gasteiger partial charge >= 0.3 is 5.97 Å². The summed E-state index contributed by atoms with van der Waals surface area (Å²) in [5.74, 6) is -4.84. The molecule has 1 saturated heterocycles. The number of halogens is 1. The predicted octanol–water partition coefficient (Wildman–Crippen LogP) is 4.00. The maximum atomic E-state index is 13.9. The molecule has 0 radical (unpaired) electrons. The van der Waals surface area contributed by atoms with Gasteiger partial charge in [-0.25, -0.2) is 0 Å². The monoisotopic (exact) mass is 533 g/mol. The third-order valence-electron chi connectivity index (χ3n) is 7.12. The predicted molar refractivity (Wildman–Crippen MR) is 133 cm³/mol. The van der Waals surface area contributed by atoms with Gasteiger partial charge in [0.05, 0.1) is 19.1 Å². The highest BCUT2D eigenvalue weighted by atomic mass is 35.5. The molecule has 1 N–H and O–H groups in total. The molecule has 3 aromatic carbocycles. The van der Waals surface area contributed by atoms with Gasteiger partial charge in [-0.15, -0.1) is 0 Å². The minimum absolute atomic E-state index is 0.0551. The van der Waals surface area contributed by atoms with Crippen LogP contribution in [0.25, 0.3) is 0 Å². The molecule has 6 rings (SSSR count). The van der Waals surface area contributed by atoms with Gasteiger partial charge in [0, 0.05) is 27.9 Å². The largest absolute Gasteiger partial charge is 0.469 e. The molecule has 0 bridgehead atoms. The zero-order chi connectivity index (χ0) is 26.6. The Morgan fingerprint density at radius 2 is 1.61 bits per heavy atom. The lowest BCUT2D eigenvalue weighted by Gasteiger charge is -2.26. The maximum Gasteiger partial charge on any atom is 0.313 e. The highest BCUT2D eigenvalue weighted by Crippen LogP contribution is 2.54. The van der Waals surface area contributed by atoms with E-state index in [-0.39, 0.29) is 17.9 Å². The van der Waals surface area contributed by atoms with E-state index in [0.717, 1.165) is 7.11 Å². The fraction of sp³-hybridized carbons (Fsp3) is 0.214. The van der Waals surface area contributed by atoms with Crippen molar-refractivity contribution in [2.45, 2.75) is 11.7 Å². The molecule has 3 atom stereocenters. The Labute approximate surface area is 221 Å². The van der Waals surface area contributed by atoms with E-state index >= 15 is 0 Å². The van der Waals surface area contributed by atoms with Gasteiger partial charge in [-0.1, -0.05) is 48.0 Å². The number of esters is 1. The Balaban J connectivity index is 1.47. The van der Waals surface area contributed by atoms with Gasteiger partial charge in [0.15, 0.2) is 11.5 Å². The van der Waals surface area contributed by atoms with E-state index < -0.39 is 47.0 Å². The van der Waals surface area contributed by atoms with Crippen molar-refractivity contribution < 1.29 is 38.1 Å². The summed E-state index contributed by atoms with van der Waals surface area (Å²) in [5, 5.41) is 3.22. The lowest BCUT2D eigenvalue weighted by Crippen LogP contribution is -2.52. The summed E-state index contributed by atoms with van der Waals surface area (Å²) < 4.78 is 22.0. The van der Waals surface area contributed by atoms with Crippen LogP contribution in [-0.4, -0.2) is 42.9 Å². The summed E-state index contributed by atoms with van der Waals surface area (Å²) in [5.41, 5.74) is -1.19. The van der Waals surface area contributed by atoms with Gasteiger partial charge in [-0.05, 0) is 29.8 Å². The second kappa shape index (κ2) is 8.97. The fourth-order valence-electron chi connectivity index (χ4n) is 5.40. The van der Waals surface area contributed by atoms with Crippen LogP contribution in [0.15, 0.2) is 66.7 Å². The molecule has 2 aliphatic heterocycles. The van der Waals surface area contributed by atoms with Gasteiger partial charge in [0.2, 0.25) is 29.9 Å². The molecule has 2 heterocycles. The second-order valence-electron chi connectivity index (χ2n) is 9.11. The number of hydrogen-bond acceptors (Lipinski definition) is 8. The quantitative estimate of drug-likeness (QED) is 0.395. The summed E-state index contributed by atoms with van der Waals surface area (Å²) in [6.07, 6.45) is -1.15. The number of fused-ring (bicyclic) bond motifs is 2. The lowest BCUT2D eigenvalue weighted by molar-refractivity contribution is -0.151. The minimum Gasteiger partial charge on any atom is -0.469 e. The van der Waals surface area contributed by atoms with Gasteiger partial charge in [0.25, 0.3) is 0 Å². The van der Waals surface area contributed by atoms with E-state index in [4.69, 9.17) is 30.5 Å². The van der Waals surface area contributed by atoms with Gasteiger partial charge in [-0.3, -0.25) is 19.2 Å². The molecule has 1 fully saturated rings. The van der Waals surface area contributed by atoms with Crippen molar-refractivity contribution in [2.75, 3.05) is 19.2 Å². The van der Waals surface area contributed by atoms with E-state index in [1.54, 1.807) is 54.6 Å². The minimum atomic E-state index is -2.27. The summed E-state index contributed by atoms with van der Waals surface area (Å²) in [6, 6.07) is 17.5. The second-order valence-corrected chi connectivity index (χ2v) is 9.55. The van der Waals surface area contributed by atoms with Crippen molar-refractivity contribution in [1.29, 1.82) is 0 Å². The number of Topliss-reactive ketones (excluding diaryl/α,β-unsaturated/α-hetero) is 2. The van der Waals surface area contributed by atoms with Gasteiger partial charge in [-0.2, -0.15) is 0 Å². The van der Waals surface area contributed by atoms with E-state index in [2.05, 4.69) is 5.32 Å². The topological polar surface area (TPSA) is 117 Å². The van der Waals surface area contributed by atoms with Crippen LogP contribution in [0.2, 0.25) is 5.02 Å². The number of ether oxygens (including phenoxy) is 4. The third-order valence-corrected chi connectivity index (χ3v) is 7.38. The van der Waals surface area contributed by atoms with Crippen molar-refractivity contribution in [3.8, 4) is 11.5 Å². The number of methoxy groups -OCH3 is 1. The number of carbonyl (C=O) groups is 4. The van der Waals surface area contributed by atoms with Crippen LogP contribution in [-0.2, 0) is 19.1 Å². The Hall–Kier alpha value is -4.21. The number of nitrogens with one attached hydrogen (secondary N) is 1. The molecule has 192 valence electrons. The Bertz CT molecular complexity index is 1470. The van der Waals surface area contributed by atoms with E-state index in [1.165, 1.54) is 12.1 Å². The molecular formula is C28H20ClNO8. The number of benzene rings is 3. The zero-order valence-corrected chi connectivity index (χ0v) is 20.7. The molecule has 9 nitrogen and oxygen atoms in total. The first-order chi connectivity index (χ1) is 18.3. The van der Waals surface area contributed by atoms with Crippen LogP contribution in [0.3, 0.4) is 0 Å². The number of anilines is 1. The number of hydrogen-bond donors (Lipinski definition) is 1. The zero-order valence-electron chi connectivity index (χ0n) is 19.9. The number of amides is 1. The average molecular weight is 534 g/mol. The standard InChI is InChI=1S/C28H20ClNO8/c1-35-27(34)22-21(26(33)30-16-10-11-19-20(12-16)37-13-36-19)23(14-6-8-15(29)9-7-14)38-28(22)24(31)17-4-2-3-5-18(17)25(28)32/h2-12,21-23H,13H2,1H3,(H,30,33). The van der Waals surface area contributed by atoms with Crippen LogP contribution < -0.4 is 14.8 Å². The molecule has 0 aromatic heterocycles. The first-order valence-corrected chi connectivity index (χ1v) is 12.1. The lowest BCUT2D eigenvalue weighted by atomic mass is 9.75. The molecule has 38 heavy (non-hydrogen) atoms. The highest BCUT2D eigenvalue weighted by Gasteiger charge is 2.71. The fourth-order valence-corrected chi connectivity index (χ4v) is 5.53. The number of rotatable bonds is 4. The Kier molecular flexibility index (Phi) is 5.70. The van der Waals surface area contributed by atoms with Crippen LogP contribution in [0.4, 0.5) is 5.69 Å². The summed E-state index contributed by atoms with van der Waals surface area (Å²) in [6.45, 7) is 0.0551.